The number of ether oxygens (including phenoxy) is 1. The van der Waals surface area contributed by atoms with Crippen LogP contribution in [0.1, 0.15) is 59.6 Å². The number of carboxylic acid groups (broad SMARTS) is 1. The summed E-state index contributed by atoms with van der Waals surface area (Å²) in [5.41, 5.74) is 2.66. The quantitative estimate of drug-likeness (QED) is 0.729. The van der Waals surface area contributed by atoms with Crippen molar-refractivity contribution in [2.24, 2.45) is 7.05 Å². The number of nitrogens with zero attached hydrogens (tertiary/aromatic N) is 2. The second kappa shape index (κ2) is 9.39. The third-order valence-electron chi connectivity index (χ3n) is 5.08. The number of carboxylic acids is 1. The normalized spacial score (nSPS) is 14.6. The van der Waals surface area contributed by atoms with Crippen molar-refractivity contribution in [1.82, 2.24) is 15.1 Å². The molecule has 7 heteroatoms. The Morgan fingerprint density at radius 1 is 1.21 bits per heavy atom. The van der Waals surface area contributed by atoms with E-state index in [4.69, 9.17) is 9.84 Å². The Morgan fingerprint density at radius 3 is 2.61 bits per heavy atom. The predicted octanol–water partition coefficient (Wildman–Crippen LogP) is 2.90. The van der Waals surface area contributed by atoms with E-state index in [1.165, 1.54) is 19.3 Å². The Kier molecular flexibility index (Phi) is 6.68. The zero-order valence-corrected chi connectivity index (χ0v) is 16.2. The molecule has 0 radical (unpaired) electrons. The Bertz CT molecular complexity index is 808. The van der Waals surface area contributed by atoms with Crippen molar-refractivity contribution >= 4 is 11.9 Å². The van der Waals surface area contributed by atoms with Crippen molar-refractivity contribution in [3.8, 4) is 5.75 Å². The summed E-state index contributed by atoms with van der Waals surface area (Å²) in [7, 11) is 1.86. The molecule has 1 fully saturated rings. The molecule has 1 aliphatic rings. The Hall–Kier alpha value is -2.83. The van der Waals surface area contributed by atoms with Crippen molar-refractivity contribution in [1.29, 1.82) is 0 Å². The van der Waals surface area contributed by atoms with Gasteiger partial charge in [0.2, 0.25) is 0 Å². The SMILES string of the molecule is Cn1cc(C(=O)NCCc2ccc(OCC(=O)O)cc2)c(C2CCCCC2)n1. The van der Waals surface area contributed by atoms with Crippen molar-refractivity contribution in [3.63, 3.8) is 0 Å². The smallest absolute Gasteiger partial charge is 0.341 e. The second-order valence-corrected chi connectivity index (χ2v) is 7.27. The molecule has 2 aromatic rings. The molecule has 1 aliphatic carbocycles. The maximum Gasteiger partial charge on any atom is 0.341 e. The molecule has 150 valence electrons. The van der Waals surface area contributed by atoms with Crippen LogP contribution in [0.4, 0.5) is 0 Å². The number of hydrogen-bond donors (Lipinski definition) is 2. The van der Waals surface area contributed by atoms with E-state index in [0.717, 1.165) is 24.1 Å². The van der Waals surface area contributed by atoms with Crippen LogP contribution in [0.5, 0.6) is 5.75 Å². The lowest BCUT2D eigenvalue weighted by atomic mass is 9.85. The molecule has 28 heavy (non-hydrogen) atoms. The van der Waals surface area contributed by atoms with Gasteiger partial charge in [0.25, 0.3) is 5.91 Å². The molecule has 1 heterocycles. The Morgan fingerprint density at radius 2 is 1.93 bits per heavy atom. The summed E-state index contributed by atoms with van der Waals surface area (Å²) in [5, 5.41) is 16.2. The van der Waals surface area contributed by atoms with Crippen LogP contribution in [0.3, 0.4) is 0 Å². The van der Waals surface area contributed by atoms with Crippen molar-refractivity contribution in [3.05, 3.63) is 47.3 Å². The zero-order valence-electron chi connectivity index (χ0n) is 16.2. The first-order valence-electron chi connectivity index (χ1n) is 9.78. The minimum atomic E-state index is -1.00. The van der Waals surface area contributed by atoms with Gasteiger partial charge in [0.15, 0.2) is 6.61 Å². The van der Waals surface area contributed by atoms with E-state index in [9.17, 15) is 9.59 Å². The fourth-order valence-corrected chi connectivity index (χ4v) is 3.67. The molecular formula is C21H27N3O4. The minimum Gasteiger partial charge on any atom is -0.482 e. The van der Waals surface area contributed by atoms with Gasteiger partial charge >= 0.3 is 5.97 Å². The second-order valence-electron chi connectivity index (χ2n) is 7.27. The number of aliphatic carboxylic acids is 1. The summed E-state index contributed by atoms with van der Waals surface area (Å²) in [6.45, 7) is 0.164. The van der Waals surface area contributed by atoms with Crippen LogP contribution < -0.4 is 10.1 Å². The van der Waals surface area contributed by atoms with E-state index in [-0.39, 0.29) is 12.5 Å². The lowest BCUT2D eigenvalue weighted by molar-refractivity contribution is -0.139. The van der Waals surface area contributed by atoms with Crippen LogP contribution in [0.15, 0.2) is 30.5 Å². The molecule has 0 aliphatic heterocycles. The molecule has 0 spiro atoms. The fraction of sp³-hybridized carbons (Fsp3) is 0.476. The Labute approximate surface area is 164 Å². The first-order valence-corrected chi connectivity index (χ1v) is 9.78. The van der Waals surface area contributed by atoms with E-state index in [1.807, 2.05) is 25.4 Å². The molecule has 0 atom stereocenters. The summed E-state index contributed by atoms with van der Waals surface area (Å²) >= 11 is 0. The third-order valence-corrected chi connectivity index (χ3v) is 5.08. The number of amides is 1. The van der Waals surface area contributed by atoms with E-state index in [1.54, 1.807) is 16.8 Å². The molecule has 2 N–H and O–H groups in total. The molecule has 7 nitrogen and oxygen atoms in total. The van der Waals surface area contributed by atoms with Gasteiger partial charge < -0.3 is 15.2 Å². The fourth-order valence-electron chi connectivity index (χ4n) is 3.67. The van der Waals surface area contributed by atoms with Gasteiger partial charge in [0.05, 0.1) is 11.3 Å². The number of nitrogens with one attached hydrogen (secondary N) is 1. The highest BCUT2D eigenvalue weighted by atomic mass is 16.5. The standard InChI is InChI=1S/C21H27N3O4/c1-24-13-18(20(23-24)16-5-3-2-4-6-16)21(27)22-12-11-15-7-9-17(10-8-15)28-14-19(25)26/h7-10,13,16H,2-6,11-12,14H2,1H3,(H,22,27)(H,25,26). The molecule has 0 saturated heterocycles. The van der Waals surface area contributed by atoms with E-state index < -0.39 is 5.97 Å². The predicted molar refractivity (Wildman–Crippen MR) is 105 cm³/mol. The molecule has 1 aromatic carbocycles. The number of aromatic nitrogens is 2. The molecule has 0 unspecified atom stereocenters. The summed E-state index contributed by atoms with van der Waals surface area (Å²) in [4.78, 5) is 23.2. The van der Waals surface area contributed by atoms with E-state index in [0.29, 0.717) is 30.2 Å². The van der Waals surface area contributed by atoms with Gasteiger partial charge in [0, 0.05) is 25.7 Å². The Balaban J connectivity index is 1.52. The van der Waals surface area contributed by atoms with Crippen LogP contribution in [0.2, 0.25) is 0 Å². The van der Waals surface area contributed by atoms with Crippen LogP contribution in [0, 0.1) is 0 Å². The van der Waals surface area contributed by atoms with Gasteiger partial charge in [-0.2, -0.15) is 5.10 Å². The highest BCUT2D eigenvalue weighted by molar-refractivity contribution is 5.95. The molecule has 3 rings (SSSR count). The topological polar surface area (TPSA) is 93.5 Å². The largest absolute Gasteiger partial charge is 0.482 e. The lowest BCUT2D eigenvalue weighted by Crippen LogP contribution is -2.27. The average Bonchev–Trinajstić information content (AvgIpc) is 3.10. The van der Waals surface area contributed by atoms with Gasteiger partial charge in [-0.3, -0.25) is 9.48 Å². The van der Waals surface area contributed by atoms with Crippen LogP contribution in [-0.4, -0.2) is 39.9 Å². The number of carbonyl (C=O) groups is 2. The molecule has 0 bridgehead atoms. The maximum absolute atomic E-state index is 12.7. The number of rotatable bonds is 8. The van der Waals surface area contributed by atoms with Crippen molar-refractivity contribution < 1.29 is 19.4 Å². The van der Waals surface area contributed by atoms with Crippen LogP contribution in [-0.2, 0) is 18.3 Å². The van der Waals surface area contributed by atoms with E-state index in [2.05, 4.69) is 10.4 Å². The van der Waals surface area contributed by atoms with Crippen LogP contribution >= 0.6 is 0 Å². The molecular weight excluding hydrogens is 358 g/mol. The van der Waals surface area contributed by atoms with Gasteiger partial charge in [-0.1, -0.05) is 31.4 Å². The monoisotopic (exact) mass is 385 g/mol. The summed E-state index contributed by atoms with van der Waals surface area (Å²) in [6, 6.07) is 7.23. The summed E-state index contributed by atoms with van der Waals surface area (Å²) < 4.78 is 6.85. The van der Waals surface area contributed by atoms with Gasteiger partial charge in [0.1, 0.15) is 5.75 Å². The summed E-state index contributed by atoms with van der Waals surface area (Å²) in [6.07, 6.45) is 8.38. The third kappa shape index (κ3) is 5.34. The van der Waals surface area contributed by atoms with Gasteiger partial charge in [-0.05, 0) is 37.0 Å². The van der Waals surface area contributed by atoms with Crippen molar-refractivity contribution in [2.75, 3.05) is 13.2 Å². The van der Waals surface area contributed by atoms with Gasteiger partial charge in [-0.15, -0.1) is 0 Å². The first-order chi connectivity index (χ1) is 13.5. The molecule has 1 saturated carbocycles. The number of aryl methyl sites for hydroxylation is 1. The van der Waals surface area contributed by atoms with E-state index >= 15 is 0 Å². The highest BCUT2D eigenvalue weighted by Gasteiger charge is 2.24. The minimum absolute atomic E-state index is 0.0740. The number of hydrogen-bond acceptors (Lipinski definition) is 4. The number of carbonyl (C=O) groups excluding carboxylic acids is 1. The zero-order chi connectivity index (χ0) is 19.9. The molecule has 1 amide bonds. The first kappa shape index (κ1) is 19.9. The van der Waals surface area contributed by atoms with Crippen molar-refractivity contribution in [2.45, 2.75) is 44.4 Å². The van der Waals surface area contributed by atoms with Gasteiger partial charge in [-0.25, -0.2) is 4.79 Å². The highest BCUT2D eigenvalue weighted by Crippen LogP contribution is 2.33. The maximum atomic E-state index is 12.7. The lowest BCUT2D eigenvalue weighted by Gasteiger charge is -2.20. The average molecular weight is 385 g/mol. The van der Waals surface area contributed by atoms with Crippen LogP contribution in [0.25, 0.3) is 0 Å². The molecule has 1 aromatic heterocycles. The number of benzene rings is 1. The summed E-state index contributed by atoms with van der Waals surface area (Å²) in [5.74, 6) is -0.179.